The van der Waals surface area contributed by atoms with Gasteiger partial charge in [-0.05, 0) is 6.92 Å². The SMILES string of the molecule is CC(=O)OC(=O)[C@@H](C)O. The quantitative estimate of drug-likeness (QED) is 0.384. The third-order valence-electron chi connectivity index (χ3n) is 0.585. The maximum absolute atomic E-state index is 10.3. The Labute approximate surface area is 52.4 Å². The Bertz CT molecular complexity index is 127. The van der Waals surface area contributed by atoms with E-state index in [0.717, 1.165) is 6.92 Å². The van der Waals surface area contributed by atoms with E-state index < -0.39 is 18.0 Å². The van der Waals surface area contributed by atoms with Gasteiger partial charge in [-0.15, -0.1) is 0 Å². The Kier molecular flexibility index (Phi) is 2.87. The zero-order valence-corrected chi connectivity index (χ0v) is 5.25. The number of hydrogen-bond donors (Lipinski definition) is 1. The van der Waals surface area contributed by atoms with Crippen LogP contribution in [0, 0.1) is 0 Å². The highest BCUT2D eigenvalue weighted by Crippen LogP contribution is 1.85. The highest BCUT2D eigenvalue weighted by Gasteiger charge is 2.11. The van der Waals surface area contributed by atoms with E-state index in [9.17, 15) is 9.59 Å². The summed E-state index contributed by atoms with van der Waals surface area (Å²) in [7, 11) is 0. The summed E-state index contributed by atoms with van der Waals surface area (Å²) in [5.41, 5.74) is 0. The molecule has 0 aliphatic carbocycles. The normalized spacial score (nSPS) is 12.3. The van der Waals surface area contributed by atoms with Crippen molar-refractivity contribution in [2.45, 2.75) is 20.0 Å². The number of hydrogen-bond acceptors (Lipinski definition) is 4. The van der Waals surface area contributed by atoms with Crippen LogP contribution in [0.1, 0.15) is 13.8 Å². The van der Waals surface area contributed by atoms with Gasteiger partial charge in [0.15, 0.2) is 0 Å². The van der Waals surface area contributed by atoms with Gasteiger partial charge < -0.3 is 9.84 Å². The second-order valence-corrected chi connectivity index (χ2v) is 1.59. The predicted octanol–water partition coefficient (Wildman–Crippen LogP) is -0.543. The number of aliphatic hydroxyl groups excluding tert-OH is 1. The summed E-state index contributed by atoms with van der Waals surface area (Å²) in [6, 6.07) is 0. The first-order valence-electron chi connectivity index (χ1n) is 2.44. The third-order valence-corrected chi connectivity index (χ3v) is 0.585. The average Bonchev–Trinajstić information content (AvgIpc) is 1.63. The van der Waals surface area contributed by atoms with Gasteiger partial charge >= 0.3 is 11.9 Å². The van der Waals surface area contributed by atoms with Crippen molar-refractivity contribution in [2.75, 3.05) is 0 Å². The van der Waals surface area contributed by atoms with Gasteiger partial charge in [-0.25, -0.2) is 4.79 Å². The predicted molar refractivity (Wildman–Crippen MR) is 28.5 cm³/mol. The van der Waals surface area contributed by atoms with E-state index in [1.165, 1.54) is 6.92 Å². The number of ether oxygens (including phenoxy) is 1. The second kappa shape index (κ2) is 3.19. The van der Waals surface area contributed by atoms with E-state index in [0.29, 0.717) is 0 Å². The molecule has 0 aromatic heterocycles. The van der Waals surface area contributed by atoms with Crippen LogP contribution in [0.15, 0.2) is 0 Å². The van der Waals surface area contributed by atoms with E-state index in [2.05, 4.69) is 4.74 Å². The van der Waals surface area contributed by atoms with Crippen LogP contribution in [0.5, 0.6) is 0 Å². The van der Waals surface area contributed by atoms with Gasteiger partial charge in [0.1, 0.15) is 6.10 Å². The Hall–Kier alpha value is -0.900. The van der Waals surface area contributed by atoms with Gasteiger partial charge in [0, 0.05) is 6.92 Å². The molecule has 0 aliphatic heterocycles. The van der Waals surface area contributed by atoms with Crippen LogP contribution in [0.4, 0.5) is 0 Å². The van der Waals surface area contributed by atoms with Crippen molar-refractivity contribution in [3.8, 4) is 0 Å². The molecule has 4 heteroatoms. The average molecular weight is 132 g/mol. The van der Waals surface area contributed by atoms with Crippen molar-refractivity contribution in [3.05, 3.63) is 0 Å². The lowest BCUT2D eigenvalue weighted by Crippen LogP contribution is -2.21. The molecule has 0 radical (unpaired) electrons. The minimum atomic E-state index is -1.23. The largest absolute Gasteiger partial charge is 0.391 e. The molecule has 0 aliphatic rings. The van der Waals surface area contributed by atoms with Gasteiger partial charge in [0.25, 0.3) is 0 Å². The molecule has 0 bridgehead atoms. The number of esters is 2. The number of carbonyl (C=O) groups excluding carboxylic acids is 2. The van der Waals surface area contributed by atoms with E-state index in [1.54, 1.807) is 0 Å². The summed E-state index contributed by atoms with van der Waals surface area (Å²) in [5.74, 6) is -1.62. The fourth-order valence-corrected chi connectivity index (χ4v) is 0.227. The van der Waals surface area contributed by atoms with Gasteiger partial charge in [0.2, 0.25) is 0 Å². The van der Waals surface area contributed by atoms with Crippen LogP contribution in [-0.4, -0.2) is 23.1 Å². The van der Waals surface area contributed by atoms with Crippen LogP contribution in [-0.2, 0) is 14.3 Å². The first-order valence-corrected chi connectivity index (χ1v) is 2.44. The number of aliphatic hydroxyl groups is 1. The zero-order chi connectivity index (χ0) is 7.44. The molecule has 0 rings (SSSR count). The Morgan fingerprint density at radius 3 is 2.11 bits per heavy atom. The van der Waals surface area contributed by atoms with Gasteiger partial charge in [-0.1, -0.05) is 0 Å². The summed E-state index contributed by atoms with van der Waals surface area (Å²) in [6.07, 6.45) is -1.23. The van der Waals surface area contributed by atoms with Crippen LogP contribution < -0.4 is 0 Å². The lowest BCUT2D eigenvalue weighted by atomic mass is 10.4. The van der Waals surface area contributed by atoms with E-state index >= 15 is 0 Å². The maximum atomic E-state index is 10.3. The fraction of sp³-hybridized carbons (Fsp3) is 0.600. The molecule has 1 N–H and O–H groups in total. The van der Waals surface area contributed by atoms with Crippen LogP contribution >= 0.6 is 0 Å². The van der Waals surface area contributed by atoms with Crippen LogP contribution in [0.3, 0.4) is 0 Å². The summed E-state index contributed by atoms with van der Waals surface area (Å²) in [5, 5.41) is 8.44. The lowest BCUT2D eigenvalue weighted by molar-refractivity contribution is -0.163. The van der Waals surface area contributed by atoms with Gasteiger partial charge in [0.05, 0.1) is 0 Å². The zero-order valence-electron chi connectivity index (χ0n) is 5.25. The molecule has 4 nitrogen and oxygen atoms in total. The van der Waals surface area contributed by atoms with Crippen LogP contribution in [0.2, 0.25) is 0 Å². The molecule has 0 aromatic carbocycles. The first kappa shape index (κ1) is 8.10. The van der Waals surface area contributed by atoms with Gasteiger partial charge in [-0.3, -0.25) is 4.79 Å². The van der Waals surface area contributed by atoms with Crippen molar-refractivity contribution >= 4 is 11.9 Å². The maximum Gasteiger partial charge on any atom is 0.342 e. The Morgan fingerprint density at radius 2 is 2.00 bits per heavy atom. The summed E-state index contributed by atoms with van der Waals surface area (Å²) in [4.78, 5) is 20.3. The second-order valence-electron chi connectivity index (χ2n) is 1.59. The number of rotatable bonds is 1. The Morgan fingerprint density at radius 1 is 1.56 bits per heavy atom. The molecule has 0 amide bonds. The molecule has 52 valence electrons. The summed E-state index contributed by atoms with van der Waals surface area (Å²) >= 11 is 0. The Balaban J connectivity index is 3.64. The molecule has 0 heterocycles. The molecule has 0 fully saturated rings. The molecule has 0 aromatic rings. The molecule has 1 atom stereocenters. The van der Waals surface area contributed by atoms with Gasteiger partial charge in [-0.2, -0.15) is 0 Å². The third kappa shape index (κ3) is 3.66. The van der Waals surface area contributed by atoms with E-state index in [1.807, 2.05) is 0 Å². The van der Waals surface area contributed by atoms with E-state index in [4.69, 9.17) is 5.11 Å². The minimum absolute atomic E-state index is 0.707. The smallest absolute Gasteiger partial charge is 0.342 e. The van der Waals surface area contributed by atoms with Crippen molar-refractivity contribution in [1.82, 2.24) is 0 Å². The molecular formula is C5H8O4. The summed E-state index contributed by atoms with van der Waals surface area (Å²) in [6.45, 7) is 2.32. The monoisotopic (exact) mass is 132 g/mol. The standard InChI is InChI=1S/C5H8O4/c1-3(6)5(8)9-4(2)7/h3,6H,1-2H3/t3-/m1/s1. The molecule has 0 saturated heterocycles. The van der Waals surface area contributed by atoms with Crippen molar-refractivity contribution in [3.63, 3.8) is 0 Å². The van der Waals surface area contributed by atoms with Crippen LogP contribution in [0.25, 0.3) is 0 Å². The summed E-state index contributed by atoms with van der Waals surface area (Å²) < 4.78 is 3.98. The topological polar surface area (TPSA) is 63.6 Å². The minimum Gasteiger partial charge on any atom is -0.391 e. The lowest BCUT2D eigenvalue weighted by Gasteiger charge is -1.99. The van der Waals surface area contributed by atoms with Crippen molar-refractivity contribution in [2.24, 2.45) is 0 Å². The molecule has 0 saturated carbocycles. The number of carbonyl (C=O) groups is 2. The molecule has 0 spiro atoms. The van der Waals surface area contributed by atoms with E-state index in [-0.39, 0.29) is 0 Å². The first-order chi connectivity index (χ1) is 4.04. The van der Waals surface area contributed by atoms with Crippen molar-refractivity contribution < 1.29 is 19.4 Å². The highest BCUT2D eigenvalue weighted by atomic mass is 16.6. The fourth-order valence-electron chi connectivity index (χ4n) is 0.227. The molecular weight excluding hydrogens is 124 g/mol. The molecule has 9 heavy (non-hydrogen) atoms. The molecule has 0 unspecified atom stereocenters. The highest BCUT2D eigenvalue weighted by molar-refractivity contribution is 5.86. The van der Waals surface area contributed by atoms with Crippen molar-refractivity contribution in [1.29, 1.82) is 0 Å².